The zero-order valence-electron chi connectivity index (χ0n) is 16.8. The Kier molecular flexibility index (Phi) is 7.29. The van der Waals surface area contributed by atoms with Gasteiger partial charge in [0.2, 0.25) is 15.9 Å². The molecule has 1 heterocycles. The molecule has 1 fully saturated rings. The summed E-state index contributed by atoms with van der Waals surface area (Å²) < 4.78 is 32.2. The lowest BCUT2D eigenvalue weighted by molar-refractivity contribution is -0.126. The molecule has 1 aliphatic heterocycles. The Bertz CT molecular complexity index is 1000. The number of piperidine rings is 1. The Balaban J connectivity index is 1.58. The highest BCUT2D eigenvalue weighted by Crippen LogP contribution is 2.28. The maximum atomic E-state index is 12.8. The van der Waals surface area contributed by atoms with Crippen molar-refractivity contribution in [3.8, 4) is 5.75 Å². The van der Waals surface area contributed by atoms with Crippen LogP contribution in [-0.4, -0.2) is 38.8 Å². The number of rotatable bonds is 6. The highest BCUT2D eigenvalue weighted by atomic mass is 35.5. The normalized spacial score (nSPS) is 16.8. The highest BCUT2D eigenvalue weighted by molar-refractivity contribution is 7.89. The van der Waals surface area contributed by atoms with E-state index in [2.05, 4.69) is 5.32 Å². The van der Waals surface area contributed by atoms with E-state index in [-0.39, 0.29) is 22.8 Å². The monoisotopic (exact) mass is 470 g/mol. The summed E-state index contributed by atoms with van der Waals surface area (Å²) in [4.78, 5) is 12.9. The summed E-state index contributed by atoms with van der Waals surface area (Å²) in [6.45, 7) is 2.47. The molecule has 2 aromatic carbocycles. The average molecular weight is 471 g/mol. The molecule has 2 aromatic rings. The first-order chi connectivity index (χ1) is 14.2. The third-order valence-electron chi connectivity index (χ3n) is 5.32. The SMILES string of the molecule is COc1ccc(S(=O)(=O)N2CCC(C(=O)NC(C)c3ccc(Cl)c(Cl)c3)CC2)cc1. The van der Waals surface area contributed by atoms with Gasteiger partial charge in [-0.05, 0) is 61.7 Å². The van der Waals surface area contributed by atoms with Crippen LogP contribution in [0.5, 0.6) is 5.75 Å². The number of methoxy groups -OCH3 is 1. The van der Waals surface area contributed by atoms with Crippen LogP contribution in [0, 0.1) is 5.92 Å². The first kappa shape index (κ1) is 22.9. The number of hydrogen-bond donors (Lipinski definition) is 1. The van der Waals surface area contributed by atoms with Gasteiger partial charge in [-0.1, -0.05) is 29.3 Å². The molecular formula is C21H24Cl2N2O4S. The summed E-state index contributed by atoms with van der Waals surface area (Å²) in [6.07, 6.45) is 0.935. The van der Waals surface area contributed by atoms with Gasteiger partial charge in [-0.2, -0.15) is 4.31 Å². The molecule has 30 heavy (non-hydrogen) atoms. The van der Waals surface area contributed by atoms with Crippen LogP contribution in [-0.2, 0) is 14.8 Å². The minimum absolute atomic E-state index is 0.0879. The number of sulfonamides is 1. The van der Waals surface area contributed by atoms with Crippen molar-refractivity contribution < 1.29 is 17.9 Å². The fraction of sp³-hybridized carbons (Fsp3) is 0.381. The molecule has 0 aromatic heterocycles. The van der Waals surface area contributed by atoms with E-state index < -0.39 is 10.0 Å². The van der Waals surface area contributed by atoms with E-state index >= 15 is 0 Å². The second-order valence-corrected chi connectivity index (χ2v) is 10.0. The van der Waals surface area contributed by atoms with Crippen molar-refractivity contribution in [1.82, 2.24) is 9.62 Å². The number of nitrogens with one attached hydrogen (secondary N) is 1. The van der Waals surface area contributed by atoms with Crippen LogP contribution in [0.1, 0.15) is 31.4 Å². The first-order valence-corrected chi connectivity index (χ1v) is 11.8. The van der Waals surface area contributed by atoms with Crippen LogP contribution in [0.2, 0.25) is 10.0 Å². The molecule has 0 bridgehead atoms. The van der Waals surface area contributed by atoms with E-state index in [0.717, 1.165) is 5.56 Å². The lowest BCUT2D eigenvalue weighted by Crippen LogP contribution is -2.43. The number of carbonyl (C=O) groups is 1. The topological polar surface area (TPSA) is 75.7 Å². The van der Waals surface area contributed by atoms with Gasteiger partial charge in [0, 0.05) is 19.0 Å². The molecule has 0 spiro atoms. The molecule has 1 N–H and O–H groups in total. The Morgan fingerprint density at radius 1 is 1.10 bits per heavy atom. The van der Waals surface area contributed by atoms with E-state index in [1.807, 2.05) is 13.0 Å². The molecule has 0 saturated carbocycles. The zero-order chi connectivity index (χ0) is 21.9. The minimum Gasteiger partial charge on any atom is -0.497 e. The van der Waals surface area contributed by atoms with Gasteiger partial charge in [0.1, 0.15) is 5.75 Å². The zero-order valence-corrected chi connectivity index (χ0v) is 19.1. The Labute approximate surface area is 187 Å². The van der Waals surface area contributed by atoms with E-state index in [1.54, 1.807) is 24.3 Å². The molecule has 0 radical (unpaired) electrons. The quantitative estimate of drug-likeness (QED) is 0.683. The molecule has 3 rings (SSSR count). The van der Waals surface area contributed by atoms with Crippen LogP contribution in [0.3, 0.4) is 0 Å². The number of carbonyl (C=O) groups excluding carboxylic acids is 1. The van der Waals surface area contributed by atoms with Gasteiger partial charge in [0.25, 0.3) is 0 Å². The van der Waals surface area contributed by atoms with Crippen molar-refractivity contribution in [2.75, 3.05) is 20.2 Å². The summed E-state index contributed by atoms with van der Waals surface area (Å²) >= 11 is 12.0. The average Bonchev–Trinajstić information content (AvgIpc) is 2.75. The Hall–Kier alpha value is -1.80. The highest BCUT2D eigenvalue weighted by Gasteiger charge is 2.32. The predicted octanol–water partition coefficient (Wildman–Crippen LogP) is 4.28. The molecule has 162 valence electrons. The third-order valence-corrected chi connectivity index (χ3v) is 7.98. The smallest absolute Gasteiger partial charge is 0.243 e. The van der Waals surface area contributed by atoms with Crippen LogP contribution < -0.4 is 10.1 Å². The van der Waals surface area contributed by atoms with E-state index in [1.165, 1.54) is 23.5 Å². The van der Waals surface area contributed by atoms with E-state index in [9.17, 15) is 13.2 Å². The second kappa shape index (κ2) is 9.56. The fourth-order valence-corrected chi connectivity index (χ4v) is 5.23. The van der Waals surface area contributed by atoms with Gasteiger partial charge in [-0.25, -0.2) is 8.42 Å². The molecule has 6 nitrogen and oxygen atoms in total. The number of hydrogen-bond acceptors (Lipinski definition) is 4. The van der Waals surface area contributed by atoms with Gasteiger partial charge in [0.05, 0.1) is 28.1 Å². The maximum Gasteiger partial charge on any atom is 0.243 e. The lowest BCUT2D eigenvalue weighted by atomic mass is 9.96. The van der Waals surface area contributed by atoms with Gasteiger partial charge in [0.15, 0.2) is 0 Å². The molecule has 1 aliphatic rings. The molecule has 1 atom stereocenters. The van der Waals surface area contributed by atoms with Crippen LogP contribution >= 0.6 is 23.2 Å². The van der Waals surface area contributed by atoms with Gasteiger partial charge in [-0.15, -0.1) is 0 Å². The van der Waals surface area contributed by atoms with Crippen molar-refractivity contribution in [3.63, 3.8) is 0 Å². The van der Waals surface area contributed by atoms with Crippen LogP contribution in [0.25, 0.3) is 0 Å². The molecular weight excluding hydrogens is 447 g/mol. The van der Waals surface area contributed by atoms with Crippen LogP contribution in [0.4, 0.5) is 0 Å². The summed E-state index contributed by atoms with van der Waals surface area (Å²) in [7, 11) is -2.06. The Morgan fingerprint density at radius 2 is 1.73 bits per heavy atom. The number of ether oxygens (including phenoxy) is 1. The fourth-order valence-electron chi connectivity index (χ4n) is 3.45. The standard InChI is InChI=1S/C21H24Cl2N2O4S/c1-14(16-3-8-19(22)20(23)13-16)24-21(26)15-9-11-25(12-10-15)30(27,28)18-6-4-17(29-2)5-7-18/h3-8,13-15H,9-12H2,1-2H3,(H,24,26). The molecule has 1 unspecified atom stereocenters. The van der Waals surface area contributed by atoms with Crippen LogP contribution in [0.15, 0.2) is 47.4 Å². The molecule has 1 amide bonds. The van der Waals surface area contributed by atoms with Gasteiger partial charge >= 0.3 is 0 Å². The summed E-state index contributed by atoms with van der Waals surface area (Å²) in [5, 5.41) is 3.89. The molecule has 9 heteroatoms. The first-order valence-electron chi connectivity index (χ1n) is 9.62. The largest absolute Gasteiger partial charge is 0.497 e. The van der Waals surface area contributed by atoms with Crippen molar-refractivity contribution >= 4 is 39.1 Å². The number of benzene rings is 2. The predicted molar refractivity (Wildman–Crippen MR) is 117 cm³/mol. The summed E-state index contributed by atoms with van der Waals surface area (Å²) in [5.41, 5.74) is 0.859. The van der Waals surface area contributed by atoms with Crippen molar-refractivity contribution in [1.29, 1.82) is 0 Å². The van der Waals surface area contributed by atoms with Crippen molar-refractivity contribution in [2.24, 2.45) is 5.92 Å². The van der Waals surface area contributed by atoms with Crippen molar-refractivity contribution in [2.45, 2.75) is 30.7 Å². The third kappa shape index (κ3) is 5.09. The molecule has 0 aliphatic carbocycles. The second-order valence-electron chi connectivity index (χ2n) is 7.26. The summed E-state index contributed by atoms with van der Waals surface area (Å²) in [6, 6.07) is 11.3. The van der Waals surface area contributed by atoms with Gasteiger partial charge in [-0.3, -0.25) is 4.79 Å². The lowest BCUT2D eigenvalue weighted by Gasteiger charge is -2.31. The van der Waals surface area contributed by atoms with Crippen molar-refractivity contribution in [3.05, 3.63) is 58.1 Å². The number of amides is 1. The van der Waals surface area contributed by atoms with Gasteiger partial charge < -0.3 is 10.1 Å². The Morgan fingerprint density at radius 3 is 2.30 bits per heavy atom. The maximum absolute atomic E-state index is 12.8. The minimum atomic E-state index is -3.59. The van der Waals surface area contributed by atoms with E-state index in [0.29, 0.717) is 41.7 Å². The van der Waals surface area contributed by atoms with E-state index in [4.69, 9.17) is 27.9 Å². The number of nitrogens with zero attached hydrogens (tertiary/aromatic N) is 1. The number of halogens is 2. The molecule has 1 saturated heterocycles. The summed E-state index contributed by atoms with van der Waals surface area (Å²) in [5.74, 6) is 0.271.